The van der Waals surface area contributed by atoms with Crippen LogP contribution in [0.1, 0.15) is 41.7 Å². The molecule has 1 amide bonds. The van der Waals surface area contributed by atoms with Crippen LogP contribution in [0, 0.1) is 33.1 Å². The molecule has 0 spiro atoms. The minimum absolute atomic E-state index is 0.0126. The number of nitro benzene ring substituents is 2. The van der Waals surface area contributed by atoms with Crippen molar-refractivity contribution in [2.24, 2.45) is 5.92 Å². The summed E-state index contributed by atoms with van der Waals surface area (Å²) in [6, 6.07) is 4.50. The molecule has 0 aliphatic rings. The average Bonchev–Trinajstić information content (AvgIpc) is 3.21. The fourth-order valence-electron chi connectivity index (χ4n) is 2.93. The Balaban J connectivity index is 1.94. The number of non-ortho nitro benzene ring substituents is 1. The molecular formula is C19H18N6O6. The lowest BCUT2D eigenvalue weighted by molar-refractivity contribution is -0.394. The van der Waals surface area contributed by atoms with E-state index in [1.807, 2.05) is 13.8 Å². The van der Waals surface area contributed by atoms with Crippen molar-refractivity contribution in [1.82, 2.24) is 20.4 Å². The first-order chi connectivity index (χ1) is 14.7. The van der Waals surface area contributed by atoms with Gasteiger partial charge in [-0.3, -0.25) is 30.0 Å². The molecule has 0 bridgehead atoms. The smallest absolute Gasteiger partial charge is 0.279 e. The molecule has 31 heavy (non-hydrogen) atoms. The van der Waals surface area contributed by atoms with E-state index in [9.17, 15) is 25.0 Å². The summed E-state index contributed by atoms with van der Waals surface area (Å²) in [4.78, 5) is 42.1. The van der Waals surface area contributed by atoms with Crippen LogP contribution in [-0.4, -0.2) is 30.9 Å². The van der Waals surface area contributed by atoms with Crippen molar-refractivity contribution in [3.63, 3.8) is 0 Å². The lowest BCUT2D eigenvalue weighted by Crippen LogP contribution is -2.32. The van der Waals surface area contributed by atoms with Crippen LogP contribution in [0.4, 0.5) is 11.4 Å². The van der Waals surface area contributed by atoms with Crippen molar-refractivity contribution < 1.29 is 19.2 Å². The standard InChI is InChI=1S/C19H18N6O6/c1-10(2)16(19-22-17(23-31-19)12-4-6-20-7-5-12)21-18(26)14-8-13(24(27)28)9-15(11(14)3)25(29)30/h4-10,16H,1-3H3,(H,21,26). The minimum atomic E-state index is -0.790. The predicted molar refractivity (Wildman–Crippen MR) is 107 cm³/mol. The van der Waals surface area contributed by atoms with E-state index >= 15 is 0 Å². The van der Waals surface area contributed by atoms with E-state index in [-0.39, 0.29) is 22.9 Å². The second-order valence-electron chi connectivity index (χ2n) is 7.04. The Hall–Kier alpha value is -4.22. The average molecular weight is 426 g/mol. The number of aromatic nitrogens is 3. The van der Waals surface area contributed by atoms with Gasteiger partial charge in [0.2, 0.25) is 11.7 Å². The Morgan fingerprint density at radius 2 is 1.81 bits per heavy atom. The van der Waals surface area contributed by atoms with Crippen molar-refractivity contribution >= 4 is 17.3 Å². The molecule has 2 aromatic heterocycles. The van der Waals surface area contributed by atoms with Gasteiger partial charge in [0, 0.05) is 29.6 Å². The van der Waals surface area contributed by atoms with Crippen LogP contribution < -0.4 is 5.32 Å². The molecule has 1 N–H and O–H groups in total. The summed E-state index contributed by atoms with van der Waals surface area (Å²) < 4.78 is 5.32. The summed E-state index contributed by atoms with van der Waals surface area (Å²) >= 11 is 0. The van der Waals surface area contributed by atoms with Crippen molar-refractivity contribution in [3.8, 4) is 11.4 Å². The SMILES string of the molecule is Cc1c(C(=O)NC(c2nc(-c3ccncc3)no2)C(C)C)cc([N+](=O)[O-])cc1[N+](=O)[O-]. The molecule has 12 nitrogen and oxygen atoms in total. The van der Waals surface area contributed by atoms with E-state index in [1.165, 1.54) is 6.92 Å². The van der Waals surface area contributed by atoms with Gasteiger partial charge in [0.05, 0.1) is 21.5 Å². The number of hydrogen-bond acceptors (Lipinski definition) is 9. The summed E-state index contributed by atoms with van der Waals surface area (Å²) in [7, 11) is 0. The Morgan fingerprint density at radius 1 is 1.13 bits per heavy atom. The minimum Gasteiger partial charge on any atom is -0.340 e. The number of benzene rings is 1. The number of amides is 1. The van der Waals surface area contributed by atoms with Crippen molar-refractivity contribution in [3.05, 3.63) is 73.9 Å². The lowest BCUT2D eigenvalue weighted by atomic mass is 10.0. The van der Waals surface area contributed by atoms with Crippen molar-refractivity contribution in [2.75, 3.05) is 0 Å². The summed E-state index contributed by atoms with van der Waals surface area (Å²) in [6.07, 6.45) is 3.15. The van der Waals surface area contributed by atoms with Gasteiger partial charge in [-0.1, -0.05) is 19.0 Å². The molecule has 0 saturated carbocycles. The third kappa shape index (κ3) is 4.52. The monoisotopic (exact) mass is 426 g/mol. The zero-order valence-corrected chi connectivity index (χ0v) is 16.8. The summed E-state index contributed by atoms with van der Waals surface area (Å²) in [5, 5.41) is 29.1. The Morgan fingerprint density at radius 3 is 2.39 bits per heavy atom. The normalized spacial score (nSPS) is 11.9. The maximum atomic E-state index is 12.9. The zero-order valence-electron chi connectivity index (χ0n) is 16.8. The second kappa shape index (κ2) is 8.65. The van der Waals surface area contributed by atoms with Gasteiger partial charge in [-0.15, -0.1) is 0 Å². The highest BCUT2D eigenvalue weighted by Gasteiger charge is 2.29. The number of rotatable bonds is 7. The quantitative estimate of drug-likeness (QED) is 0.440. The highest BCUT2D eigenvalue weighted by molar-refractivity contribution is 5.97. The molecule has 12 heteroatoms. The highest BCUT2D eigenvalue weighted by Crippen LogP contribution is 2.29. The molecule has 1 aromatic carbocycles. The summed E-state index contributed by atoms with van der Waals surface area (Å²) in [6.45, 7) is 4.98. The van der Waals surface area contributed by atoms with Gasteiger partial charge >= 0.3 is 0 Å². The maximum absolute atomic E-state index is 12.9. The van der Waals surface area contributed by atoms with Crippen molar-refractivity contribution in [1.29, 1.82) is 0 Å². The molecule has 0 saturated heterocycles. The van der Waals surface area contributed by atoms with Gasteiger partial charge in [0.15, 0.2) is 0 Å². The molecule has 1 atom stereocenters. The fraction of sp³-hybridized carbons (Fsp3) is 0.263. The van der Waals surface area contributed by atoms with Crippen LogP contribution in [-0.2, 0) is 0 Å². The van der Waals surface area contributed by atoms with Gasteiger partial charge < -0.3 is 9.84 Å². The maximum Gasteiger partial charge on any atom is 0.279 e. The topological polar surface area (TPSA) is 167 Å². The summed E-state index contributed by atoms with van der Waals surface area (Å²) in [5.41, 5.74) is -0.567. The van der Waals surface area contributed by atoms with Gasteiger partial charge in [0.1, 0.15) is 6.04 Å². The third-order valence-corrected chi connectivity index (χ3v) is 4.62. The number of hydrogen-bond donors (Lipinski definition) is 1. The first-order valence-corrected chi connectivity index (χ1v) is 9.17. The van der Waals surface area contributed by atoms with Gasteiger partial charge in [-0.05, 0) is 25.0 Å². The van der Waals surface area contributed by atoms with Crippen LogP contribution in [0.25, 0.3) is 11.4 Å². The largest absolute Gasteiger partial charge is 0.340 e. The van der Waals surface area contributed by atoms with Gasteiger partial charge in [-0.2, -0.15) is 4.98 Å². The van der Waals surface area contributed by atoms with Crippen molar-refractivity contribution in [2.45, 2.75) is 26.8 Å². The second-order valence-corrected chi connectivity index (χ2v) is 7.04. The van der Waals surface area contributed by atoms with Crippen LogP contribution in [0.15, 0.2) is 41.2 Å². The van der Waals surface area contributed by atoms with E-state index in [2.05, 4.69) is 20.4 Å². The van der Waals surface area contributed by atoms with Crippen LogP contribution >= 0.6 is 0 Å². The molecule has 0 aliphatic heterocycles. The molecular weight excluding hydrogens is 408 g/mol. The summed E-state index contributed by atoms with van der Waals surface area (Å²) in [5.74, 6) is -0.484. The van der Waals surface area contributed by atoms with Crippen LogP contribution in [0.2, 0.25) is 0 Å². The van der Waals surface area contributed by atoms with E-state index < -0.39 is 33.2 Å². The van der Waals surface area contributed by atoms with Crippen LogP contribution in [0.3, 0.4) is 0 Å². The van der Waals surface area contributed by atoms with E-state index in [0.717, 1.165) is 12.1 Å². The molecule has 0 fully saturated rings. The number of carbonyl (C=O) groups excluding carboxylic acids is 1. The van der Waals surface area contributed by atoms with Crippen LogP contribution in [0.5, 0.6) is 0 Å². The Labute approximate surface area is 175 Å². The molecule has 0 aliphatic carbocycles. The molecule has 160 valence electrons. The fourth-order valence-corrected chi connectivity index (χ4v) is 2.93. The molecule has 0 radical (unpaired) electrons. The van der Waals surface area contributed by atoms with Gasteiger partial charge in [0.25, 0.3) is 17.3 Å². The molecule has 2 heterocycles. The first-order valence-electron chi connectivity index (χ1n) is 9.17. The number of carbonyl (C=O) groups is 1. The number of nitro groups is 2. The number of nitrogens with one attached hydrogen (secondary N) is 1. The van der Waals surface area contributed by atoms with E-state index in [4.69, 9.17) is 4.52 Å². The number of nitrogens with zero attached hydrogens (tertiary/aromatic N) is 5. The molecule has 3 rings (SSSR count). The zero-order chi connectivity index (χ0) is 22.7. The third-order valence-electron chi connectivity index (χ3n) is 4.62. The molecule has 3 aromatic rings. The molecule has 1 unspecified atom stereocenters. The van der Waals surface area contributed by atoms with E-state index in [1.54, 1.807) is 24.5 Å². The predicted octanol–water partition coefficient (Wildman–Crippen LogP) is 3.38. The Kier molecular flexibility index (Phi) is 6.00. The number of pyridine rings is 1. The highest BCUT2D eigenvalue weighted by atomic mass is 16.6. The van der Waals surface area contributed by atoms with E-state index in [0.29, 0.717) is 11.4 Å². The Bertz CT molecular complexity index is 1140. The first kappa shape index (κ1) is 21.5. The van der Waals surface area contributed by atoms with Gasteiger partial charge in [-0.25, -0.2) is 0 Å². The lowest BCUT2D eigenvalue weighted by Gasteiger charge is -2.19.